The van der Waals surface area contributed by atoms with Gasteiger partial charge in [-0.1, -0.05) is 30.3 Å². The molecule has 1 aromatic carbocycles. The summed E-state index contributed by atoms with van der Waals surface area (Å²) in [4.78, 5) is 11.4. The Kier molecular flexibility index (Phi) is 5.14. The SMILES string of the molecule is COC(=O)[C@@H]1C[C@@](O)(Cc2ccccc2)CN1.Cl. The van der Waals surface area contributed by atoms with E-state index in [0.29, 0.717) is 19.4 Å². The fourth-order valence-electron chi connectivity index (χ4n) is 2.26. The Balaban J connectivity index is 0.00000162. The van der Waals surface area contributed by atoms with Gasteiger partial charge in [-0.05, 0) is 5.56 Å². The van der Waals surface area contributed by atoms with E-state index >= 15 is 0 Å². The minimum absolute atomic E-state index is 0. The second-order valence-corrected chi connectivity index (χ2v) is 4.55. The maximum absolute atomic E-state index is 11.4. The second-order valence-electron chi connectivity index (χ2n) is 4.55. The van der Waals surface area contributed by atoms with Crippen LogP contribution in [0.5, 0.6) is 0 Å². The van der Waals surface area contributed by atoms with Gasteiger partial charge in [0.2, 0.25) is 0 Å². The van der Waals surface area contributed by atoms with Crippen molar-refractivity contribution in [1.82, 2.24) is 5.32 Å². The van der Waals surface area contributed by atoms with E-state index in [-0.39, 0.29) is 18.4 Å². The number of nitrogens with one attached hydrogen (secondary N) is 1. The van der Waals surface area contributed by atoms with Gasteiger partial charge in [-0.2, -0.15) is 0 Å². The molecule has 0 bridgehead atoms. The molecule has 0 amide bonds. The summed E-state index contributed by atoms with van der Waals surface area (Å²) in [6, 6.07) is 9.39. The van der Waals surface area contributed by atoms with E-state index in [1.807, 2.05) is 30.3 Å². The van der Waals surface area contributed by atoms with E-state index in [1.54, 1.807) is 0 Å². The largest absolute Gasteiger partial charge is 0.468 e. The first-order valence-corrected chi connectivity index (χ1v) is 5.70. The van der Waals surface area contributed by atoms with Crippen LogP contribution in [0.4, 0.5) is 0 Å². The van der Waals surface area contributed by atoms with Crippen molar-refractivity contribution in [2.24, 2.45) is 0 Å². The van der Waals surface area contributed by atoms with Crippen LogP contribution in [0.3, 0.4) is 0 Å². The van der Waals surface area contributed by atoms with E-state index in [2.05, 4.69) is 10.1 Å². The van der Waals surface area contributed by atoms with Gasteiger partial charge in [0, 0.05) is 19.4 Å². The number of halogens is 1. The highest BCUT2D eigenvalue weighted by Gasteiger charge is 2.40. The fraction of sp³-hybridized carbons (Fsp3) is 0.462. The van der Waals surface area contributed by atoms with Gasteiger partial charge >= 0.3 is 5.97 Å². The third kappa shape index (κ3) is 3.45. The van der Waals surface area contributed by atoms with Crippen molar-refractivity contribution < 1.29 is 14.6 Å². The van der Waals surface area contributed by atoms with Crippen LogP contribution in [0.25, 0.3) is 0 Å². The van der Waals surface area contributed by atoms with Crippen molar-refractivity contribution in [3.63, 3.8) is 0 Å². The van der Waals surface area contributed by atoms with Crippen LogP contribution in [0, 0.1) is 0 Å². The maximum atomic E-state index is 11.4. The van der Waals surface area contributed by atoms with Gasteiger partial charge in [0.25, 0.3) is 0 Å². The summed E-state index contributed by atoms with van der Waals surface area (Å²) in [5, 5.41) is 13.4. The maximum Gasteiger partial charge on any atom is 0.322 e. The van der Waals surface area contributed by atoms with Gasteiger partial charge in [0.05, 0.1) is 12.7 Å². The zero-order valence-electron chi connectivity index (χ0n) is 10.3. The first-order chi connectivity index (χ1) is 8.13. The van der Waals surface area contributed by atoms with Crippen LogP contribution in [0.2, 0.25) is 0 Å². The Morgan fingerprint density at radius 3 is 2.78 bits per heavy atom. The standard InChI is InChI=1S/C13H17NO3.ClH/c1-17-12(15)11-8-13(16,9-14-11)7-10-5-3-2-4-6-10;/h2-6,11,14,16H,7-9H2,1H3;1H/t11-,13-;/m0./s1. The van der Waals surface area contributed by atoms with Crippen LogP contribution in [-0.2, 0) is 16.0 Å². The lowest BCUT2D eigenvalue weighted by Gasteiger charge is -2.21. The molecule has 5 heteroatoms. The molecule has 1 fully saturated rings. The van der Waals surface area contributed by atoms with E-state index < -0.39 is 11.6 Å². The number of carbonyl (C=O) groups is 1. The summed E-state index contributed by atoms with van der Waals surface area (Å²) in [6.45, 7) is 0.418. The molecule has 0 spiro atoms. The molecule has 4 nitrogen and oxygen atoms in total. The van der Waals surface area contributed by atoms with E-state index in [1.165, 1.54) is 7.11 Å². The first-order valence-electron chi connectivity index (χ1n) is 5.70. The van der Waals surface area contributed by atoms with Crippen LogP contribution in [0.1, 0.15) is 12.0 Å². The van der Waals surface area contributed by atoms with Gasteiger partial charge in [-0.15, -0.1) is 12.4 Å². The number of β-amino-alcohol motifs (C(OH)–C–C–N with tert-alkyl or cyclic N) is 1. The van der Waals surface area contributed by atoms with Crippen LogP contribution in [-0.4, -0.2) is 36.4 Å². The average molecular weight is 272 g/mol. The summed E-state index contributed by atoms with van der Waals surface area (Å²) >= 11 is 0. The number of methoxy groups -OCH3 is 1. The molecule has 1 saturated heterocycles. The van der Waals surface area contributed by atoms with Crippen molar-refractivity contribution in [2.45, 2.75) is 24.5 Å². The van der Waals surface area contributed by atoms with Gasteiger partial charge in [0.15, 0.2) is 0 Å². The molecule has 1 heterocycles. The molecule has 0 aromatic heterocycles. The zero-order chi connectivity index (χ0) is 12.3. The molecule has 2 atom stereocenters. The van der Waals surface area contributed by atoms with Crippen LogP contribution < -0.4 is 5.32 Å². The molecule has 2 N–H and O–H groups in total. The number of ether oxygens (including phenoxy) is 1. The quantitative estimate of drug-likeness (QED) is 0.803. The van der Waals surface area contributed by atoms with Gasteiger partial charge in [-0.3, -0.25) is 4.79 Å². The highest BCUT2D eigenvalue weighted by Crippen LogP contribution is 2.24. The summed E-state index contributed by atoms with van der Waals surface area (Å²) in [5.74, 6) is -0.311. The van der Waals surface area contributed by atoms with Crippen molar-refractivity contribution in [2.75, 3.05) is 13.7 Å². The Bertz CT molecular complexity index is 398. The Hall–Kier alpha value is -1.10. The number of carbonyl (C=O) groups excluding carboxylic acids is 1. The molecule has 1 aliphatic rings. The molecule has 0 unspecified atom stereocenters. The van der Waals surface area contributed by atoms with Crippen molar-refractivity contribution in [1.29, 1.82) is 0 Å². The molecule has 0 aliphatic carbocycles. The number of hydrogen-bond acceptors (Lipinski definition) is 4. The molecule has 100 valence electrons. The molecule has 1 aliphatic heterocycles. The topological polar surface area (TPSA) is 58.6 Å². The fourth-order valence-corrected chi connectivity index (χ4v) is 2.26. The van der Waals surface area contributed by atoms with Crippen LogP contribution in [0.15, 0.2) is 30.3 Å². The summed E-state index contributed by atoms with van der Waals surface area (Å²) in [5.41, 5.74) is 0.211. The normalized spacial score (nSPS) is 26.4. The lowest BCUT2D eigenvalue weighted by atomic mass is 9.92. The Labute approximate surface area is 113 Å². The predicted octanol–water partition coefficient (Wildman–Crippen LogP) is 0.917. The summed E-state index contributed by atoms with van der Waals surface area (Å²) in [7, 11) is 1.36. The number of benzene rings is 1. The minimum atomic E-state index is -0.861. The zero-order valence-corrected chi connectivity index (χ0v) is 11.1. The summed E-state index contributed by atoms with van der Waals surface area (Å²) in [6.07, 6.45) is 0.947. The molecule has 1 aromatic rings. The Morgan fingerprint density at radius 1 is 1.50 bits per heavy atom. The first kappa shape index (κ1) is 15.0. The smallest absolute Gasteiger partial charge is 0.322 e. The lowest BCUT2D eigenvalue weighted by Crippen LogP contribution is -2.33. The van der Waals surface area contributed by atoms with Crippen molar-refractivity contribution in [3.05, 3.63) is 35.9 Å². The third-order valence-electron chi connectivity index (χ3n) is 3.12. The molecular formula is C13H18ClNO3. The molecule has 0 radical (unpaired) electrons. The van der Waals surface area contributed by atoms with Crippen molar-refractivity contribution >= 4 is 18.4 Å². The molecule has 0 saturated carbocycles. The van der Waals surface area contributed by atoms with E-state index in [0.717, 1.165) is 5.56 Å². The molecule has 18 heavy (non-hydrogen) atoms. The number of esters is 1. The second kappa shape index (κ2) is 6.18. The monoisotopic (exact) mass is 271 g/mol. The number of rotatable bonds is 3. The predicted molar refractivity (Wildman–Crippen MR) is 70.8 cm³/mol. The number of aliphatic hydroxyl groups is 1. The molecule has 2 rings (SSSR count). The average Bonchev–Trinajstić information content (AvgIpc) is 2.72. The molecular weight excluding hydrogens is 254 g/mol. The minimum Gasteiger partial charge on any atom is -0.468 e. The number of hydrogen-bond donors (Lipinski definition) is 2. The third-order valence-corrected chi connectivity index (χ3v) is 3.12. The van der Waals surface area contributed by atoms with Crippen molar-refractivity contribution in [3.8, 4) is 0 Å². The lowest BCUT2D eigenvalue weighted by molar-refractivity contribution is -0.143. The van der Waals surface area contributed by atoms with Gasteiger partial charge in [0.1, 0.15) is 6.04 Å². The summed E-state index contributed by atoms with van der Waals surface area (Å²) < 4.78 is 4.67. The van der Waals surface area contributed by atoms with Crippen LogP contribution >= 0.6 is 12.4 Å². The highest BCUT2D eigenvalue weighted by molar-refractivity contribution is 5.85. The van der Waals surface area contributed by atoms with Gasteiger partial charge < -0.3 is 15.2 Å². The van der Waals surface area contributed by atoms with Gasteiger partial charge in [-0.25, -0.2) is 0 Å². The Morgan fingerprint density at radius 2 is 2.17 bits per heavy atom. The highest BCUT2D eigenvalue weighted by atomic mass is 35.5. The van der Waals surface area contributed by atoms with E-state index in [4.69, 9.17) is 0 Å². The van der Waals surface area contributed by atoms with E-state index in [9.17, 15) is 9.90 Å².